The van der Waals surface area contributed by atoms with Crippen molar-refractivity contribution < 1.29 is 9.59 Å². The monoisotopic (exact) mass is 538 g/mol. The fraction of sp³-hybridized carbons (Fsp3) is 0.364. The Kier molecular flexibility index (Phi) is 11.5. The summed E-state index contributed by atoms with van der Waals surface area (Å²) in [5, 5.41) is 9.11. The molecule has 31 heavy (non-hydrogen) atoms. The van der Waals surface area contributed by atoms with Crippen molar-refractivity contribution in [2.24, 2.45) is 4.99 Å². The molecule has 0 aliphatic rings. The lowest BCUT2D eigenvalue weighted by Crippen LogP contribution is -2.39. The highest BCUT2D eigenvalue weighted by Crippen LogP contribution is 2.08. The lowest BCUT2D eigenvalue weighted by molar-refractivity contribution is -0.116. The third kappa shape index (κ3) is 9.33. The Labute approximate surface area is 200 Å². The van der Waals surface area contributed by atoms with Crippen LogP contribution >= 0.6 is 24.0 Å². The van der Waals surface area contributed by atoms with E-state index in [1.54, 1.807) is 38.3 Å². The largest absolute Gasteiger partial charge is 0.356 e. The van der Waals surface area contributed by atoms with E-state index in [9.17, 15) is 9.59 Å². The first-order valence-electron chi connectivity index (χ1n) is 9.86. The van der Waals surface area contributed by atoms with E-state index in [0.29, 0.717) is 36.9 Å². The molecular weight excluding hydrogens is 507 g/mol. The number of aromatic nitrogens is 1. The van der Waals surface area contributed by atoms with Gasteiger partial charge in [-0.1, -0.05) is 18.2 Å². The van der Waals surface area contributed by atoms with Gasteiger partial charge in [-0.3, -0.25) is 14.6 Å². The molecule has 2 rings (SSSR count). The molecule has 0 atom stereocenters. The Morgan fingerprint density at radius 2 is 1.84 bits per heavy atom. The van der Waals surface area contributed by atoms with Gasteiger partial charge in [0.2, 0.25) is 5.91 Å². The van der Waals surface area contributed by atoms with Gasteiger partial charge in [-0.2, -0.15) is 0 Å². The number of halogens is 1. The molecule has 2 amide bonds. The highest BCUT2D eigenvalue weighted by molar-refractivity contribution is 14.0. The highest BCUT2D eigenvalue weighted by Gasteiger charge is 2.08. The van der Waals surface area contributed by atoms with Crippen LogP contribution in [-0.4, -0.2) is 61.9 Å². The first-order valence-corrected chi connectivity index (χ1v) is 9.86. The molecule has 1 heterocycles. The molecule has 8 nitrogen and oxygen atoms in total. The predicted molar refractivity (Wildman–Crippen MR) is 135 cm³/mol. The van der Waals surface area contributed by atoms with Crippen LogP contribution in [0.4, 0.5) is 5.82 Å². The van der Waals surface area contributed by atoms with E-state index in [1.165, 1.54) is 0 Å². The van der Waals surface area contributed by atoms with Crippen molar-refractivity contribution in [1.82, 2.24) is 20.5 Å². The second kappa shape index (κ2) is 13.6. The van der Waals surface area contributed by atoms with Crippen LogP contribution in [0.25, 0.3) is 0 Å². The fourth-order valence-corrected chi connectivity index (χ4v) is 2.71. The van der Waals surface area contributed by atoms with E-state index in [-0.39, 0.29) is 35.8 Å². The van der Waals surface area contributed by atoms with E-state index in [2.05, 4.69) is 25.9 Å². The average molecular weight is 538 g/mol. The number of hydrogen-bond donors (Lipinski definition) is 3. The van der Waals surface area contributed by atoms with Crippen LogP contribution in [0.3, 0.4) is 0 Å². The number of nitrogens with one attached hydrogen (secondary N) is 3. The molecule has 168 valence electrons. The number of benzene rings is 1. The van der Waals surface area contributed by atoms with Gasteiger partial charge in [-0.25, -0.2) is 4.98 Å². The molecule has 2 aromatic rings. The molecule has 0 spiro atoms. The minimum Gasteiger partial charge on any atom is -0.356 e. The third-order valence-electron chi connectivity index (χ3n) is 4.33. The third-order valence-corrected chi connectivity index (χ3v) is 4.33. The lowest BCUT2D eigenvalue weighted by atomic mass is 10.1. The van der Waals surface area contributed by atoms with Crippen LogP contribution in [0.2, 0.25) is 0 Å². The molecule has 0 aliphatic carbocycles. The Hall–Kier alpha value is -2.69. The summed E-state index contributed by atoms with van der Waals surface area (Å²) in [6.07, 6.45) is 2.76. The molecule has 0 fully saturated rings. The van der Waals surface area contributed by atoms with Crippen LogP contribution in [0.5, 0.6) is 0 Å². The number of rotatable bonds is 8. The summed E-state index contributed by atoms with van der Waals surface area (Å²) < 4.78 is 0. The van der Waals surface area contributed by atoms with Gasteiger partial charge in [-0.05, 0) is 42.7 Å². The van der Waals surface area contributed by atoms with Gasteiger partial charge in [0.25, 0.3) is 5.91 Å². The number of aliphatic imine (C=N–C) groups is 1. The van der Waals surface area contributed by atoms with Crippen molar-refractivity contribution in [2.75, 3.05) is 39.5 Å². The van der Waals surface area contributed by atoms with Crippen molar-refractivity contribution >= 4 is 47.6 Å². The van der Waals surface area contributed by atoms with Gasteiger partial charge in [0.1, 0.15) is 5.82 Å². The summed E-state index contributed by atoms with van der Waals surface area (Å²) in [6, 6.07) is 11.3. The normalized spacial score (nSPS) is 10.6. The Morgan fingerprint density at radius 1 is 1.10 bits per heavy atom. The number of nitrogens with zero attached hydrogens (tertiary/aromatic N) is 3. The summed E-state index contributed by atoms with van der Waals surface area (Å²) >= 11 is 0. The molecule has 0 unspecified atom stereocenters. The molecule has 0 aliphatic heterocycles. The van der Waals surface area contributed by atoms with Gasteiger partial charge < -0.3 is 20.9 Å². The van der Waals surface area contributed by atoms with Crippen LogP contribution in [0.15, 0.2) is 47.6 Å². The number of pyridine rings is 1. The number of amides is 2. The molecular formula is C22H31IN6O2. The highest BCUT2D eigenvalue weighted by atomic mass is 127. The zero-order valence-electron chi connectivity index (χ0n) is 18.4. The summed E-state index contributed by atoms with van der Waals surface area (Å²) in [5.41, 5.74) is 2.78. The fourth-order valence-electron chi connectivity index (χ4n) is 2.71. The maximum Gasteiger partial charge on any atom is 0.253 e. The summed E-state index contributed by atoms with van der Waals surface area (Å²) in [5.74, 6) is 1.04. The Morgan fingerprint density at radius 3 is 2.48 bits per heavy atom. The van der Waals surface area contributed by atoms with E-state index in [4.69, 9.17) is 0 Å². The number of hydrogen-bond acceptors (Lipinski definition) is 4. The van der Waals surface area contributed by atoms with Crippen LogP contribution in [0.1, 0.15) is 27.9 Å². The van der Waals surface area contributed by atoms with Gasteiger partial charge >= 0.3 is 0 Å². The van der Waals surface area contributed by atoms with Gasteiger partial charge in [0.15, 0.2) is 5.96 Å². The topological polar surface area (TPSA) is 98.7 Å². The van der Waals surface area contributed by atoms with E-state index in [1.807, 2.05) is 37.3 Å². The Bertz CT molecular complexity index is 884. The number of carbonyl (C=O) groups excluding carboxylic acids is 2. The predicted octanol–water partition coefficient (Wildman–Crippen LogP) is 2.45. The van der Waals surface area contributed by atoms with Crippen molar-refractivity contribution in [2.45, 2.75) is 19.8 Å². The number of aryl methyl sites for hydroxylation is 1. The summed E-state index contributed by atoms with van der Waals surface area (Å²) in [6.45, 7) is 3.05. The lowest BCUT2D eigenvalue weighted by Gasteiger charge is -2.13. The second-order valence-corrected chi connectivity index (χ2v) is 7.09. The first kappa shape index (κ1) is 26.3. The molecule has 0 radical (unpaired) electrons. The van der Waals surface area contributed by atoms with Gasteiger partial charge in [0.05, 0.1) is 0 Å². The zero-order valence-corrected chi connectivity index (χ0v) is 20.8. The van der Waals surface area contributed by atoms with E-state index in [0.717, 1.165) is 17.5 Å². The molecule has 1 aromatic heterocycles. The maximum absolute atomic E-state index is 12.1. The number of anilines is 1. The van der Waals surface area contributed by atoms with Crippen LogP contribution in [0, 0.1) is 6.92 Å². The van der Waals surface area contributed by atoms with Crippen LogP contribution in [-0.2, 0) is 11.2 Å². The summed E-state index contributed by atoms with van der Waals surface area (Å²) in [7, 11) is 5.16. The van der Waals surface area contributed by atoms with Gasteiger partial charge in [0, 0.05) is 52.4 Å². The molecule has 9 heteroatoms. The molecule has 1 aromatic carbocycles. The molecule has 0 bridgehead atoms. The molecule has 0 saturated heterocycles. The standard InChI is InChI=1S/C22H30N6O2.HI/c1-16-8-9-19(26-15-16)27-20(29)11-13-25-22(23-2)24-12-10-17-6-5-7-18(14-17)21(30)28(3)4;/h5-9,14-15H,10-13H2,1-4H3,(H2,23,24,25)(H,26,27,29);1H. The van der Waals surface area contributed by atoms with Gasteiger partial charge in [-0.15, -0.1) is 24.0 Å². The first-order chi connectivity index (χ1) is 14.4. The van der Waals surface area contributed by atoms with E-state index < -0.39 is 0 Å². The summed E-state index contributed by atoms with van der Waals surface area (Å²) in [4.78, 5) is 34.0. The smallest absolute Gasteiger partial charge is 0.253 e. The number of guanidine groups is 1. The van der Waals surface area contributed by atoms with Crippen molar-refractivity contribution in [3.63, 3.8) is 0 Å². The minimum absolute atomic E-state index is 0. The van der Waals surface area contributed by atoms with E-state index >= 15 is 0 Å². The molecule has 3 N–H and O–H groups in total. The Balaban J connectivity index is 0.00000480. The average Bonchev–Trinajstić information content (AvgIpc) is 2.73. The van der Waals surface area contributed by atoms with Crippen molar-refractivity contribution in [3.8, 4) is 0 Å². The molecule has 0 saturated carbocycles. The SMILES string of the molecule is CN=C(NCCC(=O)Nc1ccc(C)cn1)NCCc1cccc(C(=O)N(C)C)c1.I. The quantitative estimate of drug-likeness (QED) is 0.273. The zero-order chi connectivity index (χ0) is 21.9. The second-order valence-electron chi connectivity index (χ2n) is 7.09. The van der Waals surface area contributed by atoms with Crippen LogP contribution < -0.4 is 16.0 Å². The van der Waals surface area contributed by atoms with Crippen molar-refractivity contribution in [3.05, 3.63) is 59.3 Å². The maximum atomic E-state index is 12.1. The number of carbonyl (C=O) groups is 2. The minimum atomic E-state index is -0.114. The van der Waals surface area contributed by atoms with Crippen molar-refractivity contribution in [1.29, 1.82) is 0 Å².